The average molecular weight is 421 g/mol. The van der Waals surface area contributed by atoms with Crippen molar-refractivity contribution < 1.29 is 19.0 Å². The van der Waals surface area contributed by atoms with E-state index in [4.69, 9.17) is 14.2 Å². The summed E-state index contributed by atoms with van der Waals surface area (Å²) in [6, 6.07) is 14.7. The number of rotatable bonds is 6. The van der Waals surface area contributed by atoms with Crippen LogP contribution in [0.4, 0.5) is 5.69 Å². The Bertz CT molecular complexity index is 1190. The summed E-state index contributed by atoms with van der Waals surface area (Å²) in [7, 11) is 0. The standard InChI is InChI=1S/C20H15N5O4S/c26-20(19-16(6-7-30-19)25-11-21-23-24-25)22-14-3-1-2-13(8-14)10-27-15-4-5-17-18(9-15)29-12-28-17/h1-9,11H,10,12H2,(H,22,26). The van der Waals surface area contributed by atoms with E-state index in [1.807, 2.05) is 41.8 Å². The van der Waals surface area contributed by atoms with E-state index in [0.29, 0.717) is 40.1 Å². The number of fused-ring (bicyclic) bond motifs is 1. The lowest BCUT2D eigenvalue weighted by atomic mass is 10.2. The highest BCUT2D eigenvalue weighted by Gasteiger charge is 2.16. The second-order valence-corrected chi connectivity index (χ2v) is 7.26. The number of aromatic nitrogens is 4. The third-order valence-electron chi connectivity index (χ3n) is 4.38. The van der Waals surface area contributed by atoms with E-state index >= 15 is 0 Å². The number of thiophene rings is 1. The number of hydrogen-bond donors (Lipinski definition) is 1. The van der Waals surface area contributed by atoms with Crippen molar-refractivity contribution in [2.75, 3.05) is 12.1 Å². The van der Waals surface area contributed by atoms with E-state index in [9.17, 15) is 4.79 Å². The van der Waals surface area contributed by atoms with Crippen LogP contribution in [0.25, 0.3) is 5.69 Å². The second-order valence-electron chi connectivity index (χ2n) is 6.35. The van der Waals surface area contributed by atoms with Gasteiger partial charge in [-0.15, -0.1) is 16.4 Å². The SMILES string of the molecule is O=C(Nc1cccc(COc2ccc3c(c2)OCO3)c1)c1sccc1-n1cnnn1. The van der Waals surface area contributed by atoms with Gasteiger partial charge in [0.15, 0.2) is 11.5 Å². The lowest BCUT2D eigenvalue weighted by Crippen LogP contribution is -2.13. The van der Waals surface area contributed by atoms with Crippen molar-refractivity contribution in [1.29, 1.82) is 0 Å². The Labute approximate surface area is 174 Å². The monoisotopic (exact) mass is 421 g/mol. The third-order valence-corrected chi connectivity index (χ3v) is 5.28. The van der Waals surface area contributed by atoms with Crippen molar-refractivity contribution in [3.05, 3.63) is 70.7 Å². The molecule has 0 aliphatic carbocycles. The van der Waals surface area contributed by atoms with Gasteiger partial charge in [0.25, 0.3) is 5.91 Å². The minimum absolute atomic E-state index is 0.222. The van der Waals surface area contributed by atoms with Crippen LogP contribution in [0.5, 0.6) is 17.2 Å². The maximum absolute atomic E-state index is 12.8. The summed E-state index contributed by atoms with van der Waals surface area (Å²) >= 11 is 1.32. The van der Waals surface area contributed by atoms with Gasteiger partial charge in [-0.1, -0.05) is 12.1 Å². The highest BCUT2D eigenvalue weighted by Crippen LogP contribution is 2.35. The number of ether oxygens (including phenoxy) is 3. The van der Waals surface area contributed by atoms with E-state index in [1.54, 1.807) is 12.1 Å². The molecule has 1 aliphatic rings. The molecule has 0 saturated heterocycles. The lowest BCUT2D eigenvalue weighted by molar-refractivity contribution is 0.103. The zero-order valence-corrected chi connectivity index (χ0v) is 16.3. The first-order chi connectivity index (χ1) is 14.8. The van der Waals surface area contributed by atoms with Crippen LogP contribution in [-0.4, -0.2) is 32.9 Å². The molecule has 0 radical (unpaired) electrons. The molecule has 2 aromatic carbocycles. The summed E-state index contributed by atoms with van der Waals surface area (Å²) in [6.45, 7) is 0.568. The molecule has 0 spiro atoms. The van der Waals surface area contributed by atoms with E-state index in [1.165, 1.54) is 22.3 Å². The highest BCUT2D eigenvalue weighted by molar-refractivity contribution is 7.12. The van der Waals surface area contributed by atoms with Gasteiger partial charge in [-0.3, -0.25) is 4.79 Å². The fraction of sp³-hybridized carbons (Fsp3) is 0.100. The van der Waals surface area contributed by atoms with Crippen LogP contribution >= 0.6 is 11.3 Å². The van der Waals surface area contributed by atoms with Crippen molar-refractivity contribution in [1.82, 2.24) is 20.2 Å². The first kappa shape index (κ1) is 18.1. The summed E-state index contributed by atoms with van der Waals surface area (Å²) in [4.78, 5) is 13.3. The number of nitrogens with one attached hydrogen (secondary N) is 1. The van der Waals surface area contributed by atoms with Crippen molar-refractivity contribution >= 4 is 22.9 Å². The Hall–Kier alpha value is -3.92. The van der Waals surface area contributed by atoms with Gasteiger partial charge < -0.3 is 19.5 Å². The smallest absolute Gasteiger partial charge is 0.267 e. The topological polar surface area (TPSA) is 100 Å². The van der Waals surface area contributed by atoms with Crippen LogP contribution in [0.15, 0.2) is 60.2 Å². The first-order valence-corrected chi connectivity index (χ1v) is 9.88. The molecule has 0 atom stereocenters. The molecular weight excluding hydrogens is 406 g/mol. The van der Waals surface area contributed by atoms with Gasteiger partial charge in [0, 0.05) is 11.8 Å². The maximum atomic E-state index is 12.8. The Kier molecular flexibility index (Phi) is 4.74. The number of carbonyl (C=O) groups excluding carboxylic acids is 1. The van der Waals surface area contributed by atoms with Gasteiger partial charge in [-0.05, 0) is 51.7 Å². The Morgan fingerprint density at radius 1 is 1.17 bits per heavy atom. The first-order valence-electron chi connectivity index (χ1n) is 9.00. The zero-order chi connectivity index (χ0) is 20.3. The molecule has 4 aromatic rings. The van der Waals surface area contributed by atoms with Crippen molar-refractivity contribution in [3.8, 4) is 22.9 Å². The predicted molar refractivity (Wildman–Crippen MR) is 108 cm³/mol. The van der Waals surface area contributed by atoms with Crippen LogP contribution in [0, 0.1) is 0 Å². The Balaban J connectivity index is 1.26. The van der Waals surface area contributed by atoms with Crippen LogP contribution in [-0.2, 0) is 6.61 Å². The lowest BCUT2D eigenvalue weighted by Gasteiger charge is -2.10. The number of anilines is 1. The largest absolute Gasteiger partial charge is 0.489 e. The molecule has 9 nitrogen and oxygen atoms in total. The summed E-state index contributed by atoms with van der Waals surface area (Å²) in [5.74, 6) is 1.83. The number of tetrazole rings is 1. The molecule has 0 fully saturated rings. The number of carbonyl (C=O) groups is 1. The molecule has 150 valence electrons. The van der Waals surface area contributed by atoms with Crippen LogP contribution < -0.4 is 19.5 Å². The van der Waals surface area contributed by atoms with Crippen LogP contribution in [0.2, 0.25) is 0 Å². The molecule has 1 amide bonds. The molecule has 30 heavy (non-hydrogen) atoms. The van der Waals surface area contributed by atoms with Crippen LogP contribution in [0.3, 0.4) is 0 Å². The van der Waals surface area contributed by atoms with E-state index in [0.717, 1.165) is 5.56 Å². The van der Waals surface area contributed by atoms with Gasteiger partial charge in [-0.2, -0.15) is 4.68 Å². The maximum Gasteiger partial charge on any atom is 0.267 e. The minimum atomic E-state index is -0.232. The van der Waals surface area contributed by atoms with Gasteiger partial charge in [0.1, 0.15) is 23.6 Å². The summed E-state index contributed by atoms with van der Waals surface area (Å²) in [6.07, 6.45) is 1.45. The highest BCUT2D eigenvalue weighted by atomic mass is 32.1. The molecule has 1 aliphatic heterocycles. The number of hydrogen-bond acceptors (Lipinski definition) is 8. The molecule has 10 heteroatoms. The number of amides is 1. The van der Waals surface area contributed by atoms with Crippen molar-refractivity contribution in [2.45, 2.75) is 6.61 Å². The molecule has 5 rings (SSSR count). The quantitative estimate of drug-likeness (QED) is 0.510. The van der Waals surface area contributed by atoms with Crippen molar-refractivity contribution in [2.24, 2.45) is 0 Å². The summed E-state index contributed by atoms with van der Waals surface area (Å²) in [5, 5.41) is 15.8. The third kappa shape index (κ3) is 3.67. The average Bonchev–Trinajstić information content (AvgIpc) is 3.53. The Morgan fingerprint density at radius 2 is 2.10 bits per heavy atom. The van der Waals surface area contributed by atoms with Gasteiger partial charge in [0.2, 0.25) is 6.79 Å². The molecular formula is C20H15N5O4S. The van der Waals surface area contributed by atoms with Crippen LogP contribution in [0.1, 0.15) is 15.2 Å². The Morgan fingerprint density at radius 3 is 3.00 bits per heavy atom. The fourth-order valence-corrected chi connectivity index (χ4v) is 3.76. The molecule has 1 N–H and O–H groups in total. The van der Waals surface area contributed by atoms with E-state index in [-0.39, 0.29) is 12.7 Å². The van der Waals surface area contributed by atoms with Gasteiger partial charge in [0.05, 0.1) is 5.69 Å². The normalized spacial score (nSPS) is 12.0. The van der Waals surface area contributed by atoms with Gasteiger partial charge in [-0.25, -0.2) is 0 Å². The van der Waals surface area contributed by atoms with Crippen molar-refractivity contribution in [3.63, 3.8) is 0 Å². The predicted octanol–water partition coefficient (Wildman–Crippen LogP) is 3.28. The van der Waals surface area contributed by atoms with Gasteiger partial charge >= 0.3 is 0 Å². The molecule has 2 aromatic heterocycles. The second kappa shape index (κ2) is 7.84. The summed E-state index contributed by atoms with van der Waals surface area (Å²) < 4.78 is 18.0. The molecule has 0 unspecified atom stereocenters. The zero-order valence-electron chi connectivity index (χ0n) is 15.5. The van der Waals surface area contributed by atoms with E-state index < -0.39 is 0 Å². The molecule has 0 bridgehead atoms. The number of benzene rings is 2. The fourth-order valence-electron chi connectivity index (χ4n) is 2.98. The summed E-state index contributed by atoms with van der Waals surface area (Å²) in [5.41, 5.74) is 2.21. The molecule has 0 saturated carbocycles. The minimum Gasteiger partial charge on any atom is -0.489 e. The van der Waals surface area contributed by atoms with E-state index in [2.05, 4.69) is 20.8 Å². The number of nitrogens with zero attached hydrogens (tertiary/aromatic N) is 4. The molecule has 3 heterocycles.